The molecule has 0 aromatic heterocycles. The largest absolute Gasteiger partial charge is 0.377 e. The van der Waals surface area contributed by atoms with Gasteiger partial charge in [0.1, 0.15) is 0 Å². The van der Waals surface area contributed by atoms with E-state index in [9.17, 15) is 4.79 Å². The van der Waals surface area contributed by atoms with Crippen LogP contribution < -0.4 is 4.90 Å². The highest BCUT2D eigenvalue weighted by Gasteiger charge is 2.28. The topological polar surface area (TPSA) is 20.3 Å². The average molecular weight is 223 g/mol. The zero-order valence-corrected chi connectivity index (χ0v) is 9.90. The van der Waals surface area contributed by atoms with Crippen LogP contribution in [0.3, 0.4) is 0 Å². The van der Waals surface area contributed by atoms with Gasteiger partial charge in [0.15, 0.2) is 5.78 Å². The minimum absolute atomic E-state index is 0.139. The molecular weight excluding hydrogens is 210 g/mol. The number of carbonyl (C=O) groups is 1. The van der Waals surface area contributed by atoms with Gasteiger partial charge in [-0.05, 0) is 17.2 Å². The first kappa shape index (κ1) is 10.1. The Morgan fingerprint density at radius 1 is 0.824 bits per heavy atom. The highest BCUT2D eigenvalue weighted by Crippen LogP contribution is 2.40. The van der Waals surface area contributed by atoms with Crippen molar-refractivity contribution in [3.63, 3.8) is 0 Å². The maximum Gasteiger partial charge on any atom is 0.196 e. The van der Waals surface area contributed by atoms with Crippen LogP contribution in [0.25, 0.3) is 11.1 Å². The lowest BCUT2D eigenvalue weighted by Crippen LogP contribution is -2.12. The van der Waals surface area contributed by atoms with Gasteiger partial charge in [0, 0.05) is 25.3 Å². The number of hydrogen-bond donors (Lipinski definition) is 0. The lowest BCUT2D eigenvalue weighted by atomic mass is 10.0. The van der Waals surface area contributed by atoms with E-state index in [1.54, 1.807) is 0 Å². The van der Waals surface area contributed by atoms with Crippen LogP contribution in [0.2, 0.25) is 0 Å². The average Bonchev–Trinajstić information content (AvgIpc) is 2.64. The van der Waals surface area contributed by atoms with Gasteiger partial charge in [-0.15, -0.1) is 0 Å². The fraction of sp³-hybridized carbons (Fsp3) is 0.133. The van der Waals surface area contributed by atoms with Crippen molar-refractivity contribution in [3.8, 4) is 11.1 Å². The van der Waals surface area contributed by atoms with Crippen LogP contribution in [-0.4, -0.2) is 19.9 Å². The van der Waals surface area contributed by atoms with Crippen LogP contribution in [0.1, 0.15) is 15.9 Å². The summed E-state index contributed by atoms with van der Waals surface area (Å²) in [7, 11) is 3.93. The minimum Gasteiger partial charge on any atom is -0.377 e. The molecule has 0 aliphatic heterocycles. The van der Waals surface area contributed by atoms with Crippen molar-refractivity contribution in [1.82, 2.24) is 0 Å². The maximum absolute atomic E-state index is 12.4. The molecule has 0 N–H and O–H groups in total. The summed E-state index contributed by atoms with van der Waals surface area (Å²) >= 11 is 0. The third kappa shape index (κ3) is 1.30. The molecule has 2 aromatic rings. The van der Waals surface area contributed by atoms with E-state index in [1.807, 2.05) is 61.5 Å². The fourth-order valence-electron chi connectivity index (χ4n) is 2.43. The number of fused-ring (bicyclic) bond motifs is 3. The third-order valence-corrected chi connectivity index (χ3v) is 3.21. The van der Waals surface area contributed by atoms with Gasteiger partial charge in [-0.3, -0.25) is 4.79 Å². The van der Waals surface area contributed by atoms with E-state index in [-0.39, 0.29) is 5.78 Å². The molecule has 0 atom stereocenters. The van der Waals surface area contributed by atoms with Crippen LogP contribution in [0.15, 0.2) is 42.5 Å². The van der Waals surface area contributed by atoms with E-state index in [0.29, 0.717) is 0 Å². The van der Waals surface area contributed by atoms with Gasteiger partial charge in [-0.25, -0.2) is 0 Å². The molecule has 17 heavy (non-hydrogen) atoms. The van der Waals surface area contributed by atoms with E-state index >= 15 is 0 Å². The molecule has 0 unspecified atom stereocenters. The van der Waals surface area contributed by atoms with Gasteiger partial charge in [0.2, 0.25) is 0 Å². The molecule has 0 heterocycles. The van der Waals surface area contributed by atoms with E-state index in [0.717, 1.165) is 27.9 Å². The molecule has 0 radical (unpaired) electrons. The number of ketones is 1. The van der Waals surface area contributed by atoms with Gasteiger partial charge in [0.05, 0.1) is 5.56 Å². The lowest BCUT2D eigenvalue weighted by Gasteiger charge is -2.15. The summed E-state index contributed by atoms with van der Waals surface area (Å²) in [5, 5.41) is 0. The predicted octanol–water partition coefficient (Wildman–Crippen LogP) is 2.96. The molecule has 0 bridgehead atoms. The van der Waals surface area contributed by atoms with Gasteiger partial charge in [-0.2, -0.15) is 0 Å². The summed E-state index contributed by atoms with van der Waals surface area (Å²) in [5.74, 6) is 0.139. The highest BCUT2D eigenvalue weighted by molar-refractivity contribution is 6.24. The molecule has 0 spiro atoms. The number of hydrogen-bond acceptors (Lipinski definition) is 2. The number of anilines is 1. The molecular formula is C15H13NO. The molecule has 0 saturated carbocycles. The van der Waals surface area contributed by atoms with Gasteiger partial charge >= 0.3 is 0 Å². The minimum atomic E-state index is 0.139. The fourth-order valence-corrected chi connectivity index (χ4v) is 2.43. The van der Waals surface area contributed by atoms with Crippen LogP contribution in [0, 0.1) is 0 Å². The molecule has 84 valence electrons. The summed E-state index contributed by atoms with van der Waals surface area (Å²) in [6.45, 7) is 0. The Hall–Kier alpha value is -2.09. The van der Waals surface area contributed by atoms with E-state index in [2.05, 4.69) is 0 Å². The Morgan fingerprint density at radius 3 is 2.18 bits per heavy atom. The zero-order valence-electron chi connectivity index (χ0n) is 9.90. The smallest absolute Gasteiger partial charge is 0.196 e. The number of carbonyl (C=O) groups excluding carboxylic acids is 1. The molecule has 2 nitrogen and oxygen atoms in total. The van der Waals surface area contributed by atoms with Crippen LogP contribution in [-0.2, 0) is 0 Å². The Balaban J connectivity index is 2.34. The first-order valence-electron chi connectivity index (χ1n) is 5.64. The lowest BCUT2D eigenvalue weighted by molar-refractivity contribution is 0.104. The normalized spacial score (nSPS) is 12.2. The molecule has 0 saturated heterocycles. The van der Waals surface area contributed by atoms with Gasteiger partial charge in [0.25, 0.3) is 0 Å². The SMILES string of the molecule is CN(C)c1cccc2c1C(=O)c1ccccc1-2. The van der Waals surface area contributed by atoms with Crippen molar-refractivity contribution >= 4 is 11.5 Å². The number of rotatable bonds is 1. The monoisotopic (exact) mass is 223 g/mol. The summed E-state index contributed by atoms with van der Waals surface area (Å²) in [4.78, 5) is 14.4. The van der Waals surface area contributed by atoms with E-state index in [4.69, 9.17) is 0 Å². The molecule has 1 aliphatic rings. The Labute approximate surface area is 100 Å². The summed E-state index contributed by atoms with van der Waals surface area (Å²) < 4.78 is 0. The summed E-state index contributed by atoms with van der Waals surface area (Å²) in [5.41, 5.74) is 4.74. The first-order valence-corrected chi connectivity index (χ1v) is 5.64. The van der Waals surface area contributed by atoms with Crippen LogP contribution in [0.5, 0.6) is 0 Å². The summed E-state index contributed by atoms with van der Waals surface area (Å²) in [6.07, 6.45) is 0. The van der Waals surface area contributed by atoms with Crippen LogP contribution >= 0.6 is 0 Å². The van der Waals surface area contributed by atoms with Crippen molar-refractivity contribution in [2.45, 2.75) is 0 Å². The molecule has 2 heteroatoms. The molecule has 0 fully saturated rings. The highest BCUT2D eigenvalue weighted by atomic mass is 16.1. The number of nitrogens with zero attached hydrogens (tertiary/aromatic N) is 1. The van der Waals surface area contributed by atoms with E-state index < -0.39 is 0 Å². The van der Waals surface area contributed by atoms with Gasteiger partial charge < -0.3 is 4.90 Å². The van der Waals surface area contributed by atoms with Crippen LogP contribution in [0.4, 0.5) is 5.69 Å². The molecule has 3 rings (SSSR count). The van der Waals surface area contributed by atoms with Crippen molar-refractivity contribution < 1.29 is 4.79 Å². The van der Waals surface area contributed by atoms with Crippen molar-refractivity contribution in [1.29, 1.82) is 0 Å². The second-order valence-electron chi connectivity index (χ2n) is 4.47. The number of benzene rings is 2. The quantitative estimate of drug-likeness (QED) is 0.632. The van der Waals surface area contributed by atoms with Crippen molar-refractivity contribution in [2.75, 3.05) is 19.0 Å². The standard InChI is InChI=1S/C15H13NO/c1-16(2)13-9-5-8-11-10-6-3-4-7-12(10)15(17)14(11)13/h3-9H,1-2H3. The molecule has 0 amide bonds. The molecule has 2 aromatic carbocycles. The van der Waals surface area contributed by atoms with Gasteiger partial charge in [-0.1, -0.05) is 36.4 Å². The third-order valence-electron chi connectivity index (χ3n) is 3.21. The van der Waals surface area contributed by atoms with Crippen molar-refractivity contribution in [2.24, 2.45) is 0 Å². The second kappa shape index (κ2) is 3.45. The second-order valence-corrected chi connectivity index (χ2v) is 4.47. The first-order chi connectivity index (χ1) is 8.20. The Morgan fingerprint density at radius 2 is 1.47 bits per heavy atom. The maximum atomic E-state index is 12.4. The molecule has 1 aliphatic carbocycles. The Kier molecular flexibility index (Phi) is 2.05. The Bertz CT molecular complexity index is 614. The van der Waals surface area contributed by atoms with E-state index in [1.165, 1.54) is 0 Å². The van der Waals surface area contributed by atoms with Crippen molar-refractivity contribution in [3.05, 3.63) is 53.6 Å². The summed E-state index contributed by atoms with van der Waals surface area (Å²) in [6, 6.07) is 13.8. The zero-order chi connectivity index (χ0) is 12.0. The predicted molar refractivity (Wildman–Crippen MR) is 69.6 cm³/mol.